The molecule has 2 aromatic heterocycles. The van der Waals surface area contributed by atoms with Gasteiger partial charge in [0.15, 0.2) is 0 Å². The molecular weight excluding hydrogens is 448 g/mol. The number of nitrogens with zero attached hydrogens (tertiary/aromatic N) is 4. The molecule has 4 aromatic rings. The first-order valence-corrected chi connectivity index (χ1v) is 12.7. The number of hydrogen-bond acceptors (Lipinski definition) is 4. The maximum atomic E-state index is 11.5. The second-order valence-electron chi connectivity index (χ2n) is 9.58. The minimum Gasteiger partial charge on any atom is -0.466 e. The van der Waals surface area contributed by atoms with Gasteiger partial charge in [0, 0.05) is 67.7 Å². The summed E-state index contributed by atoms with van der Waals surface area (Å²) >= 11 is 0. The minimum atomic E-state index is -0.333. The summed E-state index contributed by atoms with van der Waals surface area (Å²) in [5.74, 6) is -0.333. The smallest absolute Gasteiger partial charge is 0.330 e. The van der Waals surface area contributed by atoms with Crippen LogP contribution >= 0.6 is 0 Å². The molecule has 2 aromatic carbocycles. The van der Waals surface area contributed by atoms with Crippen LogP contribution in [0.2, 0.25) is 0 Å². The van der Waals surface area contributed by atoms with Crippen LogP contribution in [-0.4, -0.2) is 38.9 Å². The van der Waals surface area contributed by atoms with Crippen LogP contribution in [0.25, 0.3) is 17.0 Å². The standard InChI is InChI=1S/C30H34N4O2/c1-4-34-20-23(18-31-34)19-33(16-15-25-21-32(2)28-8-6-5-7-26(25)28)29-13-11-24-17-22(9-12-27(24)29)10-14-30(35)36-3/h5-10,12,14,17-18,20-21,29H,4,11,13,15-16,19H2,1-3H3. The van der Waals surface area contributed by atoms with Crippen LogP contribution < -0.4 is 0 Å². The molecule has 0 saturated heterocycles. The van der Waals surface area contributed by atoms with Gasteiger partial charge in [-0.05, 0) is 60.6 Å². The first-order chi connectivity index (χ1) is 17.6. The summed E-state index contributed by atoms with van der Waals surface area (Å²) in [7, 11) is 3.53. The maximum Gasteiger partial charge on any atom is 0.330 e. The monoisotopic (exact) mass is 482 g/mol. The largest absolute Gasteiger partial charge is 0.466 e. The quantitative estimate of drug-likeness (QED) is 0.240. The Morgan fingerprint density at radius 1 is 1.22 bits per heavy atom. The number of carbonyl (C=O) groups is 1. The zero-order chi connectivity index (χ0) is 25.1. The molecule has 6 heteroatoms. The van der Waals surface area contributed by atoms with Crippen molar-refractivity contribution in [1.29, 1.82) is 0 Å². The second-order valence-corrected chi connectivity index (χ2v) is 9.58. The van der Waals surface area contributed by atoms with Gasteiger partial charge in [-0.2, -0.15) is 5.10 Å². The van der Waals surface area contributed by atoms with Crippen molar-refractivity contribution in [2.75, 3.05) is 13.7 Å². The first-order valence-electron chi connectivity index (χ1n) is 12.7. The molecule has 36 heavy (non-hydrogen) atoms. The molecule has 0 aliphatic heterocycles. The molecule has 1 atom stereocenters. The van der Waals surface area contributed by atoms with Gasteiger partial charge in [-0.1, -0.05) is 36.4 Å². The lowest BCUT2D eigenvalue weighted by molar-refractivity contribution is -0.134. The third-order valence-electron chi connectivity index (χ3n) is 7.31. The van der Waals surface area contributed by atoms with Gasteiger partial charge < -0.3 is 9.30 Å². The molecule has 5 rings (SSSR count). The average molecular weight is 483 g/mol. The fourth-order valence-electron chi connectivity index (χ4n) is 5.46. The average Bonchev–Trinajstić information content (AvgIpc) is 3.62. The van der Waals surface area contributed by atoms with E-state index in [9.17, 15) is 4.79 Å². The summed E-state index contributed by atoms with van der Waals surface area (Å²) in [5.41, 5.74) is 7.72. The highest BCUT2D eigenvalue weighted by atomic mass is 16.5. The molecule has 0 fully saturated rings. The number of fused-ring (bicyclic) bond motifs is 2. The summed E-state index contributed by atoms with van der Waals surface area (Å²) in [6, 6.07) is 15.6. The van der Waals surface area contributed by atoms with E-state index in [1.807, 2.05) is 17.0 Å². The van der Waals surface area contributed by atoms with E-state index in [4.69, 9.17) is 4.74 Å². The molecule has 0 saturated carbocycles. The summed E-state index contributed by atoms with van der Waals surface area (Å²) < 4.78 is 8.96. The Kier molecular flexibility index (Phi) is 7.05. The van der Waals surface area contributed by atoms with E-state index >= 15 is 0 Å². The number of rotatable bonds is 9. The first kappa shape index (κ1) is 24.1. The fraction of sp³-hybridized carbons (Fsp3) is 0.333. The molecule has 1 unspecified atom stereocenters. The lowest BCUT2D eigenvalue weighted by Gasteiger charge is -2.29. The Morgan fingerprint density at radius 3 is 2.89 bits per heavy atom. The molecule has 0 radical (unpaired) electrons. The predicted octanol–water partition coefficient (Wildman–Crippen LogP) is 5.31. The number of ether oxygens (including phenoxy) is 1. The van der Waals surface area contributed by atoms with E-state index in [0.717, 1.165) is 44.5 Å². The number of esters is 1. The molecule has 0 bridgehead atoms. The molecule has 186 valence electrons. The Labute approximate surface area is 212 Å². The minimum absolute atomic E-state index is 0.333. The highest BCUT2D eigenvalue weighted by Crippen LogP contribution is 2.37. The van der Waals surface area contributed by atoms with Crippen molar-refractivity contribution >= 4 is 22.9 Å². The number of carbonyl (C=O) groups excluding carboxylic acids is 1. The molecule has 1 aliphatic carbocycles. The van der Waals surface area contributed by atoms with Crippen molar-refractivity contribution in [2.24, 2.45) is 7.05 Å². The SMILES string of the molecule is CCn1cc(CN(CCc2cn(C)c3ccccc23)C2CCc3cc(C=CC(=O)OC)ccc32)cn1. The summed E-state index contributed by atoms with van der Waals surface area (Å²) in [6.45, 7) is 4.84. The number of hydrogen-bond donors (Lipinski definition) is 0. The Hall–Kier alpha value is -3.64. The predicted molar refractivity (Wildman–Crippen MR) is 143 cm³/mol. The molecule has 1 aliphatic rings. The van der Waals surface area contributed by atoms with Crippen LogP contribution in [0.15, 0.2) is 67.1 Å². The van der Waals surface area contributed by atoms with E-state index in [1.165, 1.54) is 46.3 Å². The van der Waals surface area contributed by atoms with Crippen molar-refractivity contribution < 1.29 is 9.53 Å². The van der Waals surface area contributed by atoms with Crippen LogP contribution in [0, 0.1) is 0 Å². The lowest BCUT2D eigenvalue weighted by atomic mass is 10.0. The Bertz CT molecular complexity index is 1400. The Balaban J connectivity index is 1.40. The zero-order valence-corrected chi connectivity index (χ0v) is 21.4. The Morgan fingerprint density at radius 2 is 2.08 bits per heavy atom. The number of aromatic nitrogens is 3. The number of methoxy groups -OCH3 is 1. The van der Waals surface area contributed by atoms with Crippen LogP contribution in [0.3, 0.4) is 0 Å². The van der Waals surface area contributed by atoms with Crippen LogP contribution in [-0.2, 0) is 42.5 Å². The highest BCUT2D eigenvalue weighted by Gasteiger charge is 2.28. The summed E-state index contributed by atoms with van der Waals surface area (Å²) in [6.07, 6.45) is 12.9. The number of para-hydroxylation sites is 1. The van der Waals surface area contributed by atoms with E-state index in [1.54, 1.807) is 0 Å². The van der Waals surface area contributed by atoms with Crippen molar-refractivity contribution in [1.82, 2.24) is 19.2 Å². The van der Waals surface area contributed by atoms with Gasteiger partial charge in [0.1, 0.15) is 0 Å². The molecule has 0 amide bonds. The molecule has 0 spiro atoms. The topological polar surface area (TPSA) is 52.3 Å². The van der Waals surface area contributed by atoms with Gasteiger partial charge in [-0.3, -0.25) is 9.58 Å². The lowest BCUT2D eigenvalue weighted by Crippen LogP contribution is -2.29. The summed E-state index contributed by atoms with van der Waals surface area (Å²) in [5, 5.41) is 5.86. The summed E-state index contributed by atoms with van der Waals surface area (Å²) in [4.78, 5) is 14.1. The van der Waals surface area contributed by atoms with Crippen molar-refractivity contribution in [3.63, 3.8) is 0 Å². The van der Waals surface area contributed by atoms with Gasteiger partial charge in [0.2, 0.25) is 0 Å². The highest BCUT2D eigenvalue weighted by molar-refractivity contribution is 5.87. The van der Waals surface area contributed by atoms with Gasteiger partial charge in [0.05, 0.1) is 13.3 Å². The van der Waals surface area contributed by atoms with E-state index in [2.05, 4.69) is 83.4 Å². The van der Waals surface area contributed by atoms with E-state index in [-0.39, 0.29) is 5.97 Å². The zero-order valence-electron chi connectivity index (χ0n) is 21.4. The molecule has 2 heterocycles. The maximum absolute atomic E-state index is 11.5. The van der Waals surface area contributed by atoms with Crippen molar-refractivity contribution in [3.8, 4) is 0 Å². The van der Waals surface area contributed by atoms with Gasteiger partial charge in [-0.15, -0.1) is 0 Å². The third-order valence-corrected chi connectivity index (χ3v) is 7.31. The van der Waals surface area contributed by atoms with Crippen LogP contribution in [0.1, 0.15) is 47.2 Å². The van der Waals surface area contributed by atoms with Gasteiger partial charge in [-0.25, -0.2) is 4.79 Å². The normalized spacial score (nSPS) is 15.3. The van der Waals surface area contributed by atoms with Crippen LogP contribution in [0.5, 0.6) is 0 Å². The molecular formula is C30H34N4O2. The fourth-order valence-corrected chi connectivity index (χ4v) is 5.46. The molecule has 0 N–H and O–H groups in total. The van der Waals surface area contributed by atoms with Gasteiger partial charge >= 0.3 is 5.97 Å². The van der Waals surface area contributed by atoms with Gasteiger partial charge in [0.25, 0.3) is 0 Å². The third kappa shape index (κ3) is 5.00. The van der Waals surface area contributed by atoms with Crippen molar-refractivity contribution in [2.45, 2.75) is 45.3 Å². The van der Waals surface area contributed by atoms with Crippen LogP contribution in [0.4, 0.5) is 0 Å². The molecule has 6 nitrogen and oxygen atoms in total. The number of aryl methyl sites for hydroxylation is 3. The van der Waals surface area contributed by atoms with Crippen molar-refractivity contribution in [3.05, 3.63) is 94.9 Å². The number of benzene rings is 2. The van der Waals surface area contributed by atoms with E-state index in [0.29, 0.717) is 6.04 Å². The second kappa shape index (κ2) is 10.5. The van der Waals surface area contributed by atoms with E-state index < -0.39 is 0 Å².